The fourth-order valence-electron chi connectivity index (χ4n) is 6.31. The molecule has 0 spiro atoms. The lowest BCUT2D eigenvalue weighted by molar-refractivity contribution is -0.890. The van der Waals surface area contributed by atoms with Gasteiger partial charge in [-0.3, -0.25) is 9.80 Å². The Balaban J connectivity index is -0.000000686. The molecule has 0 aromatic rings. The minimum absolute atomic E-state index is 0.601. The molecule has 51 heavy (non-hydrogen) atoms. The van der Waals surface area contributed by atoms with Crippen LogP contribution in [0, 0.1) is 0 Å². The minimum atomic E-state index is 0.601. The van der Waals surface area contributed by atoms with Crippen molar-refractivity contribution < 1.29 is 22.9 Å². The van der Waals surface area contributed by atoms with E-state index in [4.69, 9.17) is 9.47 Å². The Bertz CT molecular complexity index is 724. The van der Waals surface area contributed by atoms with E-state index in [1.807, 2.05) is 0 Å². The molecule has 312 valence electrons. The standard InChI is InChI=1S/C16H37N2O.C15H35N2O.C12H29N2/c1-8-11-18(6,7)12-9-13-19-14-10-17(15(2)3)16(4)5;1-8-17(6,7)11-9-12-18-13-10-16(14(2)3)15(4)5;1-6-14(4,5)12-10-8-7-9-11-13(2)3/h15-16H,8-14H2,1-7H3;14-15H,8-13H2,1-7H3;6-12H2,1-5H3/q3*+1. The highest BCUT2D eigenvalue weighted by Gasteiger charge is 2.15. The van der Waals surface area contributed by atoms with Crippen LogP contribution in [0.15, 0.2) is 0 Å². The first-order valence-electron chi connectivity index (χ1n) is 21.4. The van der Waals surface area contributed by atoms with E-state index in [0.29, 0.717) is 24.2 Å². The quantitative estimate of drug-likeness (QED) is 0.0578. The van der Waals surface area contributed by atoms with Gasteiger partial charge in [-0.2, -0.15) is 0 Å². The lowest BCUT2D eigenvalue weighted by Gasteiger charge is -2.30. The molecule has 0 radical (unpaired) electrons. The molecule has 0 saturated heterocycles. The van der Waals surface area contributed by atoms with Gasteiger partial charge in [0.05, 0.1) is 108 Å². The molecule has 0 fully saturated rings. The van der Waals surface area contributed by atoms with Gasteiger partial charge in [-0.1, -0.05) is 13.3 Å². The minimum Gasteiger partial charge on any atom is -0.380 e. The van der Waals surface area contributed by atoms with Crippen molar-refractivity contribution in [2.24, 2.45) is 0 Å². The van der Waals surface area contributed by atoms with Gasteiger partial charge in [-0.05, 0) is 116 Å². The van der Waals surface area contributed by atoms with Crippen molar-refractivity contribution in [1.29, 1.82) is 0 Å². The first-order valence-corrected chi connectivity index (χ1v) is 21.4. The summed E-state index contributed by atoms with van der Waals surface area (Å²) >= 11 is 0. The van der Waals surface area contributed by atoms with Crippen molar-refractivity contribution in [1.82, 2.24) is 14.7 Å². The first-order chi connectivity index (χ1) is 23.6. The Labute approximate surface area is 323 Å². The predicted molar refractivity (Wildman–Crippen MR) is 229 cm³/mol. The SMILES string of the molecule is CCC[N+](C)(C)CCCOCCN(C(C)C)C(C)C.CC[N+](C)(C)CCCCCCN(C)C.CC[N+](C)(C)CCCOCCN(C(C)C)C(C)C. The van der Waals surface area contributed by atoms with E-state index in [-0.39, 0.29) is 0 Å². The summed E-state index contributed by atoms with van der Waals surface area (Å²) in [6, 6.07) is 2.40. The zero-order chi connectivity index (χ0) is 40.1. The normalized spacial score (nSPS) is 12.8. The Hall–Kier alpha value is -0.320. The van der Waals surface area contributed by atoms with Crippen LogP contribution in [0.5, 0.6) is 0 Å². The molecule has 0 atom stereocenters. The van der Waals surface area contributed by atoms with Crippen molar-refractivity contribution in [2.75, 3.05) is 142 Å². The molecule has 0 amide bonds. The number of rotatable bonds is 29. The monoisotopic (exact) mass is 734 g/mol. The second-order valence-electron chi connectivity index (χ2n) is 18.3. The van der Waals surface area contributed by atoms with Crippen LogP contribution in [0.4, 0.5) is 0 Å². The number of quaternary nitrogens is 3. The van der Waals surface area contributed by atoms with E-state index < -0.39 is 0 Å². The van der Waals surface area contributed by atoms with Crippen LogP contribution in [0.3, 0.4) is 0 Å². The van der Waals surface area contributed by atoms with E-state index in [2.05, 4.69) is 147 Å². The first kappa shape index (κ1) is 55.0. The average Bonchev–Trinajstić information content (AvgIpc) is 3.01. The van der Waals surface area contributed by atoms with Gasteiger partial charge >= 0.3 is 0 Å². The molecule has 0 bridgehead atoms. The van der Waals surface area contributed by atoms with Crippen molar-refractivity contribution in [3.63, 3.8) is 0 Å². The van der Waals surface area contributed by atoms with Crippen LogP contribution in [-0.2, 0) is 9.47 Å². The van der Waals surface area contributed by atoms with Gasteiger partial charge in [0.15, 0.2) is 0 Å². The molecule has 0 aliphatic carbocycles. The van der Waals surface area contributed by atoms with Crippen molar-refractivity contribution in [3.8, 4) is 0 Å². The molecule has 8 heteroatoms. The van der Waals surface area contributed by atoms with E-state index in [1.165, 1.54) is 82.4 Å². The molecule has 0 aromatic carbocycles. The van der Waals surface area contributed by atoms with Crippen LogP contribution in [0.2, 0.25) is 0 Å². The third-order valence-electron chi connectivity index (χ3n) is 10.4. The fraction of sp³-hybridized carbons (Fsp3) is 1.00. The average molecular weight is 734 g/mol. The number of unbranched alkanes of at least 4 members (excludes halogenated alkanes) is 3. The maximum atomic E-state index is 5.79. The van der Waals surface area contributed by atoms with Gasteiger partial charge in [0.2, 0.25) is 0 Å². The van der Waals surface area contributed by atoms with Gasteiger partial charge in [0.25, 0.3) is 0 Å². The molecule has 0 N–H and O–H groups in total. The third-order valence-corrected chi connectivity index (χ3v) is 10.4. The van der Waals surface area contributed by atoms with Gasteiger partial charge in [-0.25, -0.2) is 0 Å². The van der Waals surface area contributed by atoms with Gasteiger partial charge < -0.3 is 27.8 Å². The molecule has 0 saturated carbocycles. The molecular weight excluding hydrogens is 633 g/mol. The maximum Gasteiger partial charge on any atom is 0.0804 e. The summed E-state index contributed by atoms with van der Waals surface area (Å²) in [6.45, 7) is 39.1. The molecule has 8 nitrogen and oxygen atoms in total. The molecule has 0 aliphatic rings. The van der Waals surface area contributed by atoms with Crippen LogP contribution >= 0.6 is 0 Å². The highest BCUT2D eigenvalue weighted by atomic mass is 16.5. The summed E-state index contributed by atoms with van der Waals surface area (Å²) in [5.74, 6) is 0. The second kappa shape index (κ2) is 32.0. The fourth-order valence-corrected chi connectivity index (χ4v) is 6.31. The Morgan fingerprint density at radius 3 is 1.10 bits per heavy atom. The molecule has 0 aromatic heterocycles. The Morgan fingerprint density at radius 1 is 0.412 bits per heavy atom. The van der Waals surface area contributed by atoms with E-state index >= 15 is 0 Å². The van der Waals surface area contributed by atoms with Crippen molar-refractivity contribution >= 4 is 0 Å². The van der Waals surface area contributed by atoms with Crippen molar-refractivity contribution in [2.45, 2.75) is 145 Å². The highest BCUT2D eigenvalue weighted by Crippen LogP contribution is 2.07. The summed E-state index contributed by atoms with van der Waals surface area (Å²) in [6.07, 6.45) is 9.10. The zero-order valence-corrected chi connectivity index (χ0v) is 39.0. The predicted octanol–water partition coefficient (Wildman–Crippen LogP) is 7.81. The molecule has 0 rings (SSSR count). The van der Waals surface area contributed by atoms with Crippen LogP contribution in [0.1, 0.15) is 121 Å². The third kappa shape index (κ3) is 36.4. The highest BCUT2D eigenvalue weighted by molar-refractivity contribution is 4.67. The largest absolute Gasteiger partial charge is 0.380 e. The van der Waals surface area contributed by atoms with Gasteiger partial charge in [0.1, 0.15) is 0 Å². The van der Waals surface area contributed by atoms with Crippen LogP contribution in [-0.4, -0.2) is 194 Å². The zero-order valence-electron chi connectivity index (χ0n) is 39.0. The van der Waals surface area contributed by atoms with E-state index in [0.717, 1.165) is 61.3 Å². The van der Waals surface area contributed by atoms with Crippen molar-refractivity contribution in [3.05, 3.63) is 0 Å². The van der Waals surface area contributed by atoms with Gasteiger partial charge in [-0.15, -0.1) is 0 Å². The Morgan fingerprint density at radius 2 is 0.765 bits per heavy atom. The topological polar surface area (TPSA) is 28.2 Å². The summed E-state index contributed by atoms with van der Waals surface area (Å²) in [7, 11) is 18.1. The molecule has 0 heterocycles. The molecule has 0 aliphatic heterocycles. The van der Waals surface area contributed by atoms with E-state index in [9.17, 15) is 0 Å². The number of ether oxygens (including phenoxy) is 2. The number of hydrogen-bond acceptors (Lipinski definition) is 5. The van der Waals surface area contributed by atoms with Crippen LogP contribution in [0.25, 0.3) is 0 Å². The summed E-state index contributed by atoms with van der Waals surface area (Å²) < 4.78 is 14.9. The lowest BCUT2D eigenvalue weighted by atomic mass is 10.2. The smallest absolute Gasteiger partial charge is 0.0804 e. The molecular formula is C43H101N6O2+3. The summed E-state index contributed by atoms with van der Waals surface area (Å²) in [5.41, 5.74) is 0. The van der Waals surface area contributed by atoms with E-state index in [1.54, 1.807) is 0 Å². The number of hydrogen-bond donors (Lipinski definition) is 0. The van der Waals surface area contributed by atoms with Crippen LogP contribution < -0.4 is 0 Å². The maximum absolute atomic E-state index is 5.79. The molecule has 0 unspecified atom stereocenters. The Kier molecular flexibility index (Phi) is 34.5. The lowest BCUT2D eigenvalue weighted by Crippen LogP contribution is -2.41. The number of nitrogens with zero attached hydrogens (tertiary/aromatic N) is 6. The summed E-state index contributed by atoms with van der Waals surface area (Å²) in [5, 5.41) is 0. The summed E-state index contributed by atoms with van der Waals surface area (Å²) in [4.78, 5) is 7.23. The second-order valence-corrected chi connectivity index (χ2v) is 18.3. The van der Waals surface area contributed by atoms with Gasteiger partial charge in [0, 0.05) is 50.1 Å².